The van der Waals surface area contributed by atoms with Crippen molar-refractivity contribution in [1.29, 1.82) is 0 Å². The van der Waals surface area contributed by atoms with Crippen LogP contribution in [0.4, 0.5) is 0 Å². The lowest BCUT2D eigenvalue weighted by Crippen LogP contribution is -2.26. The number of ketones is 1. The largest absolute Gasteiger partial charge is 0.461 e. The Morgan fingerprint density at radius 2 is 2.36 bits per heavy atom. The van der Waals surface area contributed by atoms with Crippen molar-refractivity contribution >= 4 is 5.78 Å². The van der Waals surface area contributed by atoms with Crippen LogP contribution in [0.5, 0.6) is 0 Å². The van der Waals surface area contributed by atoms with E-state index in [9.17, 15) is 4.79 Å². The van der Waals surface area contributed by atoms with Crippen molar-refractivity contribution in [1.82, 2.24) is 0 Å². The maximum Gasteiger partial charge on any atom is 0.214 e. The van der Waals surface area contributed by atoms with E-state index in [1.165, 1.54) is 6.26 Å². The van der Waals surface area contributed by atoms with Gasteiger partial charge in [-0.1, -0.05) is 0 Å². The fraction of sp³-hybridized carbons (Fsp3) is 0.375. The predicted molar refractivity (Wildman–Crippen MR) is 41.4 cm³/mol. The van der Waals surface area contributed by atoms with E-state index in [0.29, 0.717) is 5.76 Å². The molecule has 0 radical (unpaired) electrons. The highest BCUT2D eigenvalue weighted by atomic mass is 16.3. The molecule has 0 saturated carbocycles. The Balaban J connectivity index is 2.85. The van der Waals surface area contributed by atoms with Crippen LogP contribution in [0.2, 0.25) is 0 Å². The molecule has 0 amide bonds. The van der Waals surface area contributed by atoms with Crippen LogP contribution in [0.15, 0.2) is 16.7 Å². The average molecular weight is 153 g/mol. The van der Waals surface area contributed by atoms with E-state index >= 15 is 0 Å². The second kappa shape index (κ2) is 2.88. The SMILES string of the molecule is Cc1coc(C(=O)[C@@H](C)N)c1. The molecular weight excluding hydrogens is 142 g/mol. The molecule has 0 spiro atoms. The van der Waals surface area contributed by atoms with Crippen molar-refractivity contribution in [2.24, 2.45) is 5.73 Å². The molecule has 60 valence electrons. The van der Waals surface area contributed by atoms with E-state index in [4.69, 9.17) is 10.2 Å². The number of Topliss-reactive ketones (excluding diaryl/α,β-unsaturated/α-hetero) is 1. The number of hydrogen-bond donors (Lipinski definition) is 1. The minimum atomic E-state index is -0.486. The summed E-state index contributed by atoms with van der Waals surface area (Å²) in [7, 11) is 0. The molecule has 1 rings (SSSR count). The number of rotatable bonds is 2. The molecule has 1 aromatic rings. The van der Waals surface area contributed by atoms with Gasteiger partial charge in [-0.2, -0.15) is 0 Å². The zero-order chi connectivity index (χ0) is 8.43. The molecule has 0 fully saturated rings. The molecular formula is C8H11NO2. The third-order valence-corrected chi connectivity index (χ3v) is 1.39. The third-order valence-electron chi connectivity index (χ3n) is 1.39. The second-order valence-electron chi connectivity index (χ2n) is 2.64. The lowest BCUT2D eigenvalue weighted by molar-refractivity contribution is 0.0941. The number of hydrogen-bond acceptors (Lipinski definition) is 3. The highest BCUT2D eigenvalue weighted by molar-refractivity contribution is 5.97. The first-order valence-electron chi connectivity index (χ1n) is 3.46. The van der Waals surface area contributed by atoms with E-state index in [1.807, 2.05) is 6.92 Å². The average Bonchev–Trinajstić information content (AvgIpc) is 2.34. The molecule has 0 aliphatic rings. The Morgan fingerprint density at radius 3 is 2.73 bits per heavy atom. The maximum atomic E-state index is 11.1. The van der Waals surface area contributed by atoms with E-state index in [0.717, 1.165) is 5.56 Å². The van der Waals surface area contributed by atoms with Gasteiger partial charge >= 0.3 is 0 Å². The first kappa shape index (κ1) is 8.01. The molecule has 3 heteroatoms. The predicted octanol–water partition coefficient (Wildman–Crippen LogP) is 1.12. The van der Waals surface area contributed by atoms with Gasteiger partial charge in [-0.15, -0.1) is 0 Å². The second-order valence-corrected chi connectivity index (χ2v) is 2.64. The summed E-state index contributed by atoms with van der Waals surface area (Å²) in [6.45, 7) is 3.50. The smallest absolute Gasteiger partial charge is 0.214 e. The number of furan rings is 1. The van der Waals surface area contributed by atoms with Crippen molar-refractivity contribution in [2.45, 2.75) is 19.9 Å². The number of carbonyl (C=O) groups excluding carboxylic acids is 1. The molecule has 0 unspecified atom stereocenters. The van der Waals surface area contributed by atoms with Crippen molar-refractivity contribution in [2.75, 3.05) is 0 Å². The topological polar surface area (TPSA) is 56.2 Å². The van der Waals surface area contributed by atoms with Crippen LogP contribution in [0, 0.1) is 6.92 Å². The summed E-state index contributed by atoms with van der Waals surface area (Å²) in [6, 6.07) is 1.20. The van der Waals surface area contributed by atoms with Crippen LogP contribution in [-0.4, -0.2) is 11.8 Å². The van der Waals surface area contributed by atoms with E-state index < -0.39 is 6.04 Å². The molecule has 0 aliphatic heterocycles. The van der Waals surface area contributed by atoms with E-state index in [2.05, 4.69) is 0 Å². The fourth-order valence-electron chi connectivity index (χ4n) is 0.785. The fourth-order valence-corrected chi connectivity index (χ4v) is 0.785. The summed E-state index contributed by atoms with van der Waals surface area (Å²) in [4.78, 5) is 11.1. The molecule has 0 bridgehead atoms. The van der Waals surface area contributed by atoms with Crippen LogP contribution in [-0.2, 0) is 0 Å². The van der Waals surface area contributed by atoms with Gasteiger partial charge in [0.25, 0.3) is 0 Å². The standard InChI is InChI=1S/C8H11NO2/c1-5-3-7(11-4-5)8(10)6(2)9/h3-4,6H,9H2,1-2H3/t6-/m1/s1. The van der Waals surface area contributed by atoms with Gasteiger partial charge in [0.15, 0.2) is 5.76 Å². The molecule has 3 nitrogen and oxygen atoms in total. The van der Waals surface area contributed by atoms with E-state index in [1.54, 1.807) is 13.0 Å². The van der Waals surface area contributed by atoms with Gasteiger partial charge in [-0.25, -0.2) is 0 Å². The lowest BCUT2D eigenvalue weighted by Gasteiger charge is -1.98. The summed E-state index contributed by atoms with van der Waals surface area (Å²) in [5.74, 6) is 0.190. The van der Waals surface area contributed by atoms with Crippen LogP contribution in [0.3, 0.4) is 0 Å². The third kappa shape index (κ3) is 1.68. The molecule has 0 aromatic carbocycles. The molecule has 1 atom stereocenters. The van der Waals surface area contributed by atoms with Crippen molar-refractivity contribution < 1.29 is 9.21 Å². The van der Waals surface area contributed by atoms with Crippen molar-refractivity contribution in [3.8, 4) is 0 Å². The van der Waals surface area contributed by atoms with Gasteiger partial charge < -0.3 is 10.2 Å². The van der Waals surface area contributed by atoms with Gasteiger partial charge in [0.2, 0.25) is 5.78 Å². The summed E-state index contributed by atoms with van der Waals surface area (Å²) >= 11 is 0. The molecule has 11 heavy (non-hydrogen) atoms. The van der Waals surface area contributed by atoms with E-state index in [-0.39, 0.29) is 5.78 Å². The summed E-state index contributed by atoms with van der Waals surface area (Å²) in [6.07, 6.45) is 1.54. The minimum absolute atomic E-state index is 0.155. The summed E-state index contributed by atoms with van der Waals surface area (Å²) in [5, 5.41) is 0. The lowest BCUT2D eigenvalue weighted by atomic mass is 10.2. The zero-order valence-electron chi connectivity index (χ0n) is 6.63. The van der Waals surface area contributed by atoms with Gasteiger partial charge in [-0.3, -0.25) is 4.79 Å². The van der Waals surface area contributed by atoms with Gasteiger partial charge in [-0.05, 0) is 25.5 Å². The summed E-state index contributed by atoms with van der Waals surface area (Å²) < 4.78 is 4.96. The number of aryl methyl sites for hydroxylation is 1. The Kier molecular flexibility index (Phi) is 2.10. The highest BCUT2D eigenvalue weighted by Gasteiger charge is 2.13. The molecule has 2 N–H and O–H groups in total. The molecule has 1 aromatic heterocycles. The van der Waals surface area contributed by atoms with Crippen LogP contribution >= 0.6 is 0 Å². The minimum Gasteiger partial charge on any atom is -0.461 e. The Hall–Kier alpha value is -1.09. The van der Waals surface area contributed by atoms with Crippen molar-refractivity contribution in [3.63, 3.8) is 0 Å². The first-order valence-corrected chi connectivity index (χ1v) is 3.46. The van der Waals surface area contributed by atoms with Crippen molar-refractivity contribution in [3.05, 3.63) is 23.7 Å². The van der Waals surface area contributed by atoms with Crippen LogP contribution in [0.25, 0.3) is 0 Å². The van der Waals surface area contributed by atoms with Gasteiger partial charge in [0.1, 0.15) is 0 Å². The molecule has 0 aliphatic carbocycles. The van der Waals surface area contributed by atoms with Crippen LogP contribution in [0.1, 0.15) is 23.0 Å². The Labute approximate surface area is 65.2 Å². The first-order chi connectivity index (χ1) is 5.11. The zero-order valence-corrected chi connectivity index (χ0v) is 6.63. The molecule has 0 saturated heterocycles. The number of carbonyl (C=O) groups is 1. The number of nitrogens with two attached hydrogens (primary N) is 1. The maximum absolute atomic E-state index is 11.1. The van der Waals surface area contributed by atoms with Gasteiger partial charge in [0, 0.05) is 0 Å². The van der Waals surface area contributed by atoms with Crippen LogP contribution < -0.4 is 5.73 Å². The normalized spacial score (nSPS) is 13.0. The highest BCUT2D eigenvalue weighted by Crippen LogP contribution is 2.07. The monoisotopic (exact) mass is 153 g/mol. The van der Waals surface area contributed by atoms with Gasteiger partial charge in [0.05, 0.1) is 12.3 Å². The quantitative estimate of drug-likeness (QED) is 0.647. The molecule has 1 heterocycles. The Bertz CT molecular complexity index is 263. The summed E-state index contributed by atoms with van der Waals surface area (Å²) in [5.41, 5.74) is 6.31. The Morgan fingerprint density at radius 1 is 1.73 bits per heavy atom.